The van der Waals surface area contributed by atoms with Crippen LogP contribution in [0.15, 0.2) is 24.5 Å². The van der Waals surface area contributed by atoms with Crippen LogP contribution in [-0.2, 0) is 18.3 Å². The molecule has 9 heteroatoms. The Balaban J connectivity index is 2.04. The molecular formula is C18H19F2N5O2. The molecule has 142 valence electrons. The van der Waals surface area contributed by atoms with E-state index in [2.05, 4.69) is 10.1 Å². The molecule has 0 aliphatic rings. The van der Waals surface area contributed by atoms with E-state index in [-0.39, 0.29) is 22.6 Å². The minimum atomic E-state index is -1.03. The maximum Gasteiger partial charge on any atom is 0.284 e. The van der Waals surface area contributed by atoms with Gasteiger partial charge in [0.05, 0.1) is 31.2 Å². The van der Waals surface area contributed by atoms with Crippen molar-refractivity contribution in [1.82, 2.24) is 19.3 Å². The number of imidazole rings is 1. The smallest absolute Gasteiger partial charge is 0.284 e. The van der Waals surface area contributed by atoms with Crippen molar-refractivity contribution in [2.24, 2.45) is 12.8 Å². The Bertz CT molecular complexity index is 1010. The second-order valence-electron chi connectivity index (χ2n) is 6.04. The summed E-state index contributed by atoms with van der Waals surface area (Å²) in [7, 11) is 3.09. The van der Waals surface area contributed by atoms with E-state index in [9.17, 15) is 13.6 Å². The molecule has 3 rings (SSSR count). The van der Waals surface area contributed by atoms with E-state index in [1.807, 2.05) is 0 Å². The number of benzene rings is 1. The predicted octanol–water partition coefficient (Wildman–Crippen LogP) is 2.28. The number of nitrogens with zero attached hydrogens (tertiary/aromatic N) is 4. The van der Waals surface area contributed by atoms with E-state index >= 15 is 0 Å². The second-order valence-corrected chi connectivity index (χ2v) is 6.04. The molecule has 0 atom stereocenters. The number of rotatable bonds is 6. The van der Waals surface area contributed by atoms with Gasteiger partial charge in [-0.15, -0.1) is 0 Å². The maximum absolute atomic E-state index is 14.8. The highest BCUT2D eigenvalue weighted by molar-refractivity contribution is 5.90. The standard InChI is InChI=1S/C18H19F2N5O2/c1-10-13(8-23-25(10)6-7-27-3)11-4-5-12(16(20)15(11)19)14-9-22-18(17(21)26)24(14)2/h4-5,8-9H,6-7H2,1-3H3,(H2,21,26). The number of halogens is 2. The molecule has 2 N–H and O–H groups in total. The van der Waals surface area contributed by atoms with Gasteiger partial charge in [0.15, 0.2) is 17.5 Å². The molecule has 0 aliphatic heterocycles. The molecule has 0 spiro atoms. The lowest BCUT2D eigenvalue weighted by Crippen LogP contribution is -2.17. The van der Waals surface area contributed by atoms with Crippen LogP contribution >= 0.6 is 0 Å². The van der Waals surface area contributed by atoms with Gasteiger partial charge in [0, 0.05) is 36.5 Å². The number of primary amides is 1. The van der Waals surface area contributed by atoms with Gasteiger partial charge in [-0.1, -0.05) is 6.07 Å². The lowest BCUT2D eigenvalue weighted by molar-refractivity contribution is 0.0987. The Morgan fingerprint density at radius 2 is 1.85 bits per heavy atom. The predicted molar refractivity (Wildman–Crippen MR) is 94.9 cm³/mol. The van der Waals surface area contributed by atoms with Crippen molar-refractivity contribution in [1.29, 1.82) is 0 Å². The molecule has 2 aromatic heterocycles. The summed E-state index contributed by atoms with van der Waals surface area (Å²) in [6.45, 7) is 2.75. The van der Waals surface area contributed by atoms with Crippen LogP contribution in [0.2, 0.25) is 0 Å². The number of hydrogen-bond acceptors (Lipinski definition) is 4. The van der Waals surface area contributed by atoms with Gasteiger partial charge in [-0.25, -0.2) is 13.8 Å². The zero-order valence-electron chi connectivity index (χ0n) is 15.2. The van der Waals surface area contributed by atoms with Gasteiger partial charge in [-0.2, -0.15) is 5.10 Å². The second kappa shape index (κ2) is 7.28. The Hall–Kier alpha value is -3.07. The number of hydrogen-bond donors (Lipinski definition) is 1. The molecule has 0 aliphatic carbocycles. The van der Waals surface area contributed by atoms with Crippen LogP contribution in [0.1, 0.15) is 16.3 Å². The summed E-state index contributed by atoms with van der Waals surface area (Å²) in [5.41, 5.74) is 6.76. The summed E-state index contributed by atoms with van der Waals surface area (Å²) in [5, 5.41) is 4.20. The zero-order valence-corrected chi connectivity index (χ0v) is 15.2. The molecule has 0 bridgehead atoms. The zero-order chi connectivity index (χ0) is 19.7. The summed E-state index contributed by atoms with van der Waals surface area (Å²) in [6.07, 6.45) is 2.78. The van der Waals surface area contributed by atoms with Crippen LogP contribution < -0.4 is 5.73 Å². The van der Waals surface area contributed by atoms with Crippen LogP contribution in [0, 0.1) is 18.6 Å². The SMILES string of the molecule is COCCn1ncc(-c2ccc(-c3cnc(C(N)=O)n3C)c(F)c2F)c1C. The van der Waals surface area contributed by atoms with Crippen molar-refractivity contribution in [2.75, 3.05) is 13.7 Å². The lowest BCUT2D eigenvalue weighted by atomic mass is 10.0. The molecule has 0 radical (unpaired) electrons. The molecule has 2 heterocycles. The number of carbonyl (C=O) groups excluding carboxylic acids is 1. The van der Waals surface area contributed by atoms with Gasteiger partial charge in [0.2, 0.25) is 0 Å². The topological polar surface area (TPSA) is 88.0 Å². The van der Waals surface area contributed by atoms with Gasteiger partial charge >= 0.3 is 0 Å². The van der Waals surface area contributed by atoms with Crippen molar-refractivity contribution in [3.8, 4) is 22.4 Å². The monoisotopic (exact) mass is 375 g/mol. The highest BCUT2D eigenvalue weighted by atomic mass is 19.2. The number of carbonyl (C=O) groups is 1. The summed E-state index contributed by atoms with van der Waals surface area (Å²) in [5.74, 6) is -2.82. The minimum Gasteiger partial charge on any atom is -0.383 e. The molecule has 1 aromatic carbocycles. The molecular weight excluding hydrogens is 356 g/mol. The molecule has 0 fully saturated rings. The first-order valence-corrected chi connectivity index (χ1v) is 8.18. The van der Waals surface area contributed by atoms with E-state index < -0.39 is 17.5 Å². The number of ether oxygens (including phenoxy) is 1. The number of amides is 1. The first-order valence-electron chi connectivity index (χ1n) is 8.18. The van der Waals surface area contributed by atoms with Gasteiger partial charge in [-0.3, -0.25) is 9.48 Å². The number of methoxy groups -OCH3 is 1. The Labute approximate surface area is 154 Å². The fourth-order valence-electron chi connectivity index (χ4n) is 2.96. The molecule has 0 saturated carbocycles. The average molecular weight is 375 g/mol. The van der Waals surface area contributed by atoms with Crippen LogP contribution in [0.3, 0.4) is 0 Å². The number of nitrogens with two attached hydrogens (primary N) is 1. The van der Waals surface area contributed by atoms with Crippen LogP contribution in [0.5, 0.6) is 0 Å². The Kier molecular flexibility index (Phi) is 5.04. The van der Waals surface area contributed by atoms with E-state index in [1.165, 1.54) is 36.1 Å². The van der Waals surface area contributed by atoms with E-state index in [0.29, 0.717) is 24.4 Å². The van der Waals surface area contributed by atoms with Crippen LogP contribution in [-0.4, -0.2) is 39.0 Å². The van der Waals surface area contributed by atoms with Crippen molar-refractivity contribution in [3.05, 3.63) is 47.7 Å². The highest BCUT2D eigenvalue weighted by Crippen LogP contribution is 2.32. The third kappa shape index (κ3) is 3.21. The molecule has 7 nitrogen and oxygen atoms in total. The molecule has 1 amide bonds. The minimum absolute atomic E-state index is 0.0109. The van der Waals surface area contributed by atoms with E-state index in [4.69, 9.17) is 10.5 Å². The quantitative estimate of drug-likeness (QED) is 0.716. The van der Waals surface area contributed by atoms with E-state index in [0.717, 1.165) is 0 Å². The normalized spacial score (nSPS) is 11.1. The van der Waals surface area contributed by atoms with Crippen molar-refractivity contribution in [3.63, 3.8) is 0 Å². The third-order valence-electron chi connectivity index (χ3n) is 4.47. The van der Waals surface area contributed by atoms with Crippen molar-refractivity contribution < 1.29 is 18.3 Å². The van der Waals surface area contributed by atoms with Crippen molar-refractivity contribution in [2.45, 2.75) is 13.5 Å². The van der Waals surface area contributed by atoms with Crippen LogP contribution in [0.4, 0.5) is 8.78 Å². The van der Waals surface area contributed by atoms with Crippen molar-refractivity contribution >= 4 is 5.91 Å². The summed E-state index contributed by atoms with van der Waals surface area (Å²) in [6, 6.07) is 2.93. The summed E-state index contributed by atoms with van der Waals surface area (Å²) >= 11 is 0. The maximum atomic E-state index is 14.8. The Morgan fingerprint density at radius 1 is 1.19 bits per heavy atom. The fourth-order valence-corrected chi connectivity index (χ4v) is 2.96. The largest absolute Gasteiger partial charge is 0.383 e. The van der Waals surface area contributed by atoms with Crippen LogP contribution in [0.25, 0.3) is 22.4 Å². The molecule has 27 heavy (non-hydrogen) atoms. The van der Waals surface area contributed by atoms with E-state index in [1.54, 1.807) is 18.7 Å². The molecule has 3 aromatic rings. The first-order chi connectivity index (χ1) is 12.9. The van der Waals surface area contributed by atoms with Gasteiger partial charge in [0.25, 0.3) is 5.91 Å². The van der Waals surface area contributed by atoms with Gasteiger partial charge in [0.1, 0.15) is 0 Å². The molecule has 0 saturated heterocycles. The van der Waals surface area contributed by atoms with Gasteiger partial charge in [-0.05, 0) is 13.0 Å². The lowest BCUT2D eigenvalue weighted by Gasteiger charge is -2.10. The first kappa shape index (κ1) is 18.7. The third-order valence-corrected chi connectivity index (χ3v) is 4.47. The fraction of sp³-hybridized carbons (Fsp3) is 0.278. The number of aromatic nitrogens is 4. The highest BCUT2D eigenvalue weighted by Gasteiger charge is 2.22. The molecule has 0 unspecified atom stereocenters. The summed E-state index contributed by atoms with van der Waals surface area (Å²) in [4.78, 5) is 15.2. The average Bonchev–Trinajstić information content (AvgIpc) is 3.19. The Morgan fingerprint density at radius 3 is 2.48 bits per heavy atom. The van der Waals surface area contributed by atoms with Gasteiger partial charge < -0.3 is 15.0 Å². The summed E-state index contributed by atoms with van der Waals surface area (Å²) < 4.78 is 37.6.